The van der Waals surface area contributed by atoms with Crippen molar-refractivity contribution in [2.45, 2.75) is 33.7 Å². The highest BCUT2D eigenvalue weighted by molar-refractivity contribution is 7.13. The number of nitrogens with zero attached hydrogens (tertiary/aromatic N) is 3. The van der Waals surface area contributed by atoms with E-state index in [0.717, 1.165) is 50.7 Å². The minimum atomic E-state index is -0.166. The van der Waals surface area contributed by atoms with Gasteiger partial charge in [0.15, 0.2) is 5.82 Å². The molecule has 0 atom stereocenters. The number of imidazole rings is 1. The van der Waals surface area contributed by atoms with Crippen LogP contribution in [0.3, 0.4) is 0 Å². The number of amides is 1. The molecule has 0 aliphatic carbocycles. The number of nitrogens with one attached hydrogen (secondary N) is 1. The topological polar surface area (TPSA) is 79.9 Å². The fourth-order valence-corrected chi connectivity index (χ4v) is 5.32. The van der Waals surface area contributed by atoms with E-state index < -0.39 is 0 Å². The molecule has 7 heteroatoms. The molecule has 1 aliphatic rings. The van der Waals surface area contributed by atoms with Gasteiger partial charge in [-0.15, -0.1) is 11.3 Å². The smallest absolute Gasteiger partial charge is 0.287 e. The number of fused-ring (bicyclic) bond motifs is 3. The second-order valence-electron chi connectivity index (χ2n) is 10.1. The van der Waals surface area contributed by atoms with Gasteiger partial charge in [-0.05, 0) is 47.0 Å². The van der Waals surface area contributed by atoms with E-state index in [1.165, 1.54) is 0 Å². The highest BCUT2D eigenvalue weighted by atomic mass is 32.1. The van der Waals surface area contributed by atoms with Gasteiger partial charge in [-0.2, -0.15) is 5.26 Å². The summed E-state index contributed by atoms with van der Waals surface area (Å²) in [4.78, 5) is 19.2. The molecule has 1 aliphatic heterocycles. The molecule has 4 aromatic rings. The van der Waals surface area contributed by atoms with Crippen LogP contribution in [0.2, 0.25) is 0 Å². The Morgan fingerprint density at radius 3 is 2.67 bits per heavy atom. The first kappa shape index (κ1) is 23.8. The molecule has 6 nitrogen and oxygen atoms in total. The minimum Gasteiger partial charge on any atom is -0.496 e. The Morgan fingerprint density at radius 2 is 1.97 bits per heavy atom. The third-order valence-corrected chi connectivity index (χ3v) is 7.20. The zero-order valence-electron chi connectivity index (χ0n) is 20.9. The first-order valence-electron chi connectivity index (χ1n) is 11.9. The molecule has 1 N–H and O–H groups in total. The van der Waals surface area contributed by atoms with Gasteiger partial charge in [-0.1, -0.05) is 45.0 Å². The molecule has 2 aromatic carbocycles. The van der Waals surface area contributed by atoms with E-state index >= 15 is 0 Å². The molecule has 0 fully saturated rings. The average Bonchev–Trinajstić information content (AvgIpc) is 3.54. The van der Waals surface area contributed by atoms with Crippen LogP contribution >= 0.6 is 11.3 Å². The monoisotopic (exact) mass is 496 g/mol. The second-order valence-corrected chi connectivity index (χ2v) is 11.1. The van der Waals surface area contributed by atoms with Crippen LogP contribution < -0.4 is 10.1 Å². The third-order valence-electron chi connectivity index (χ3n) is 6.33. The maximum Gasteiger partial charge on any atom is 0.287 e. The van der Waals surface area contributed by atoms with Crippen LogP contribution in [0.5, 0.6) is 5.75 Å². The van der Waals surface area contributed by atoms with E-state index in [2.05, 4.69) is 44.3 Å². The minimum absolute atomic E-state index is 0.0320. The van der Waals surface area contributed by atoms with Crippen molar-refractivity contribution in [3.8, 4) is 44.8 Å². The Bertz CT molecular complexity index is 1490. The number of hydrogen-bond acceptors (Lipinski definition) is 5. The van der Waals surface area contributed by atoms with Crippen LogP contribution in [0.25, 0.3) is 33.0 Å². The molecule has 2 aromatic heterocycles. The van der Waals surface area contributed by atoms with Gasteiger partial charge in [0.2, 0.25) is 0 Å². The second kappa shape index (κ2) is 9.29. The molecule has 0 saturated carbocycles. The van der Waals surface area contributed by atoms with Crippen LogP contribution in [0, 0.1) is 16.7 Å². The zero-order valence-corrected chi connectivity index (χ0v) is 21.7. The van der Waals surface area contributed by atoms with Crippen molar-refractivity contribution in [3.63, 3.8) is 0 Å². The van der Waals surface area contributed by atoms with Gasteiger partial charge in [0.1, 0.15) is 11.4 Å². The van der Waals surface area contributed by atoms with E-state index in [1.54, 1.807) is 18.4 Å². The first-order valence-corrected chi connectivity index (χ1v) is 12.8. The van der Waals surface area contributed by atoms with Crippen LogP contribution in [0.4, 0.5) is 0 Å². The van der Waals surface area contributed by atoms with Crippen molar-refractivity contribution in [1.82, 2.24) is 14.9 Å². The standard InChI is InChI=1S/C29H28N4O2S/c1-29(2,3)17-31-28(34)27-32-25(24-10-7-13-36-24)26-21-15-22(20-9-6-5-8-19(20)16-30)23(35-4)14-18(21)11-12-33(26)27/h5-10,13-15H,11-12,17H2,1-4H3,(H,31,34). The number of thiophene rings is 1. The average molecular weight is 497 g/mol. The van der Waals surface area contributed by atoms with Gasteiger partial charge in [-0.25, -0.2) is 4.98 Å². The van der Waals surface area contributed by atoms with Crippen molar-refractivity contribution in [3.05, 3.63) is 70.9 Å². The zero-order chi connectivity index (χ0) is 25.4. The normalized spacial score (nSPS) is 12.4. The number of rotatable bonds is 5. The molecule has 5 rings (SSSR count). The summed E-state index contributed by atoms with van der Waals surface area (Å²) in [5.74, 6) is 0.990. The summed E-state index contributed by atoms with van der Waals surface area (Å²) in [5.41, 5.74) is 6.09. The van der Waals surface area contributed by atoms with Crippen LogP contribution in [0.15, 0.2) is 53.9 Å². The number of nitriles is 1. The highest BCUT2D eigenvalue weighted by Gasteiger charge is 2.30. The summed E-state index contributed by atoms with van der Waals surface area (Å²) in [6, 6.07) is 18.0. The van der Waals surface area contributed by atoms with Gasteiger partial charge in [0.25, 0.3) is 5.91 Å². The summed E-state index contributed by atoms with van der Waals surface area (Å²) in [6.07, 6.45) is 0.749. The summed E-state index contributed by atoms with van der Waals surface area (Å²) in [7, 11) is 1.65. The van der Waals surface area contributed by atoms with Crippen LogP contribution in [-0.4, -0.2) is 29.1 Å². The Morgan fingerprint density at radius 1 is 1.17 bits per heavy atom. The number of aryl methyl sites for hydroxylation is 1. The number of carbonyl (C=O) groups is 1. The summed E-state index contributed by atoms with van der Waals surface area (Å²) < 4.78 is 7.81. The fraction of sp³-hybridized carbons (Fsp3) is 0.276. The van der Waals surface area contributed by atoms with Gasteiger partial charge in [0, 0.05) is 29.8 Å². The largest absolute Gasteiger partial charge is 0.496 e. The van der Waals surface area contributed by atoms with Crippen molar-refractivity contribution in [2.75, 3.05) is 13.7 Å². The lowest BCUT2D eigenvalue weighted by Gasteiger charge is -2.24. The molecular formula is C29H28N4O2S. The summed E-state index contributed by atoms with van der Waals surface area (Å²) >= 11 is 1.61. The predicted molar refractivity (Wildman–Crippen MR) is 143 cm³/mol. The van der Waals surface area contributed by atoms with Crippen molar-refractivity contribution < 1.29 is 9.53 Å². The quantitative estimate of drug-likeness (QED) is 0.359. The maximum absolute atomic E-state index is 13.3. The first-order chi connectivity index (χ1) is 17.3. The Labute approximate surface area is 215 Å². The van der Waals surface area contributed by atoms with Gasteiger partial charge in [0.05, 0.1) is 29.3 Å². The molecule has 1 amide bonds. The van der Waals surface area contributed by atoms with Crippen molar-refractivity contribution in [2.24, 2.45) is 5.41 Å². The predicted octanol–water partition coefficient (Wildman–Crippen LogP) is 6.16. The highest BCUT2D eigenvalue weighted by Crippen LogP contribution is 2.44. The Balaban J connectivity index is 1.71. The SMILES string of the molecule is COc1cc2c(cc1-c1ccccc1C#N)-c1c(-c3cccs3)nc(C(=O)NCC(C)(C)C)n1CC2. The van der Waals surface area contributed by atoms with E-state index in [9.17, 15) is 10.1 Å². The molecule has 36 heavy (non-hydrogen) atoms. The van der Waals surface area contributed by atoms with Gasteiger partial charge < -0.3 is 14.6 Å². The number of aromatic nitrogens is 2. The lowest BCUT2D eigenvalue weighted by atomic mass is 9.90. The number of carbonyl (C=O) groups excluding carboxylic acids is 1. The number of ether oxygens (including phenoxy) is 1. The van der Waals surface area contributed by atoms with Crippen molar-refractivity contribution in [1.29, 1.82) is 5.26 Å². The molecule has 182 valence electrons. The summed E-state index contributed by atoms with van der Waals surface area (Å²) in [5, 5.41) is 14.8. The molecule has 0 saturated heterocycles. The van der Waals surface area contributed by atoms with E-state index in [0.29, 0.717) is 24.5 Å². The lowest BCUT2D eigenvalue weighted by Crippen LogP contribution is -2.34. The van der Waals surface area contributed by atoms with E-state index in [1.807, 2.05) is 46.3 Å². The molecule has 0 unspecified atom stereocenters. The molecule has 0 radical (unpaired) electrons. The third kappa shape index (κ3) is 4.29. The molecule has 0 spiro atoms. The summed E-state index contributed by atoms with van der Waals surface area (Å²) in [6.45, 7) is 7.49. The van der Waals surface area contributed by atoms with E-state index in [-0.39, 0.29) is 11.3 Å². The Hall–Kier alpha value is -3.89. The molecular weight excluding hydrogens is 468 g/mol. The number of hydrogen-bond donors (Lipinski definition) is 1. The lowest BCUT2D eigenvalue weighted by molar-refractivity contribution is 0.0924. The molecule has 3 heterocycles. The fourth-order valence-electron chi connectivity index (χ4n) is 4.60. The van der Waals surface area contributed by atoms with Gasteiger partial charge >= 0.3 is 0 Å². The number of methoxy groups -OCH3 is 1. The van der Waals surface area contributed by atoms with Gasteiger partial charge in [-0.3, -0.25) is 4.79 Å². The van der Waals surface area contributed by atoms with Crippen molar-refractivity contribution >= 4 is 17.2 Å². The molecule has 0 bridgehead atoms. The Kier molecular flexibility index (Phi) is 6.15. The number of benzene rings is 2. The van der Waals surface area contributed by atoms with E-state index in [4.69, 9.17) is 9.72 Å². The van der Waals surface area contributed by atoms with Crippen LogP contribution in [-0.2, 0) is 13.0 Å². The van der Waals surface area contributed by atoms with Crippen LogP contribution in [0.1, 0.15) is 42.5 Å². The maximum atomic E-state index is 13.3.